The lowest BCUT2D eigenvalue weighted by molar-refractivity contribution is 0.210. The van der Waals surface area contributed by atoms with Crippen molar-refractivity contribution in [2.45, 2.75) is 19.1 Å². The molecule has 3 rings (SSSR count). The van der Waals surface area contributed by atoms with Crippen molar-refractivity contribution in [1.29, 1.82) is 0 Å². The zero-order chi connectivity index (χ0) is 11.7. The third-order valence-corrected chi connectivity index (χ3v) is 4.19. The summed E-state index contributed by atoms with van der Waals surface area (Å²) in [6, 6.07) is 10.8. The third kappa shape index (κ3) is 2.03. The van der Waals surface area contributed by atoms with Crippen LogP contribution in [-0.4, -0.2) is 24.2 Å². The number of likely N-dealkylation sites (tertiary alicyclic amines) is 1. The normalized spacial score (nSPS) is 32.6. The summed E-state index contributed by atoms with van der Waals surface area (Å²) in [5, 5.41) is 3.64. The van der Waals surface area contributed by atoms with Gasteiger partial charge in [-0.15, -0.1) is 6.58 Å². The molecule has 2 heteroatoms. The van der Waals surface area contributed by atoms with Crippen LogP contribution < -0.4 is 5.32 Å². The number of nitrogens with zero attached hydrogens (tertiary/aromatic N) is 1. The van der Waals surface area contributed by atoms with Gasteiger partial charge in [0.2, 0.25) is 0 Å². The summed E-state index contributed by atoms with van der Waals surface area (Å²) >= 11 is 0. The largest absolute Gasteiger partial charge is 0.301 e. The summed E-state index contributed by atoms with van der Waals surface area (Å²) in [7, 11) is 0. The van der Waals surface area contributed by atoms with Crippen molar-refractivity contribution >= 4 is 0 Å². The minimum absolute atomic E-state index is 0.568. The summed E-state index contributed by atoms with van der Waals surface area (Å²) in [4.78, 5) is 2.57. The maximum Gasteiger partial charge on any atom is 0.0635 e. The first-order valence-corrected chi connectivity index (χ1v) is 6.52. The Labute approximate surface area is 103 Å². The molecule has 0 spiro atoms. The van der Waals surface area contributed by atoms with Gasteiger partial charge in [-0.05, 0) is 23.8 Å². The highest BCUT2D eigenvalue weighted by molar-refractivity contribution is 5.15. The molecule has 1 N–H and O–H groups in total. The molecule has 0 aromatic heterocycles. The van der Waals surface area contributed by atoms with Gasteiger partial charge in [-0.3, -0.25) is 4.90 Å². The van der Waals surface area contributed by atoms with Crippen LogP contribution in [0.15, 0.2) is 43.0 Å². The Balaban J connectivity index is 1.69. The number of hydrogen-bond acceptors (Lipinski definition) is 2. The van der Waals surface area contributed by atoms with Crippen molar-refractivity contribution in [2.24, 2.45) is 11.8 Å². The number of benzene rings is 1. The van der Waals surface area contributed by atoms with E-state index >= 15 is 0 Å². The smallest absolute Gasteiger partial charge is 0.0635 e. The van der Waals surface area contributed by atoms with Gasteiger partial charge in [0.15, 0.2) is 0 Å². The van der Waals surface area contributed by atoms with E-state index in [9.17, 15) is 0 Å². The first-order chi connectivity index (χ1) is 8.38. The van der Waals surface area contributed by atoms with Crippen LogP contribution in [0, 0.1) is 11.8 Å². The van der Waals surface area contributed by atoms with Crippen LogP contribution in [-0.2, 0) is 6.54 Å². The minimum atomic E-state index is 0.568. The number of rotatable bonds is 3. The van der Waals surface area contributed by atoms with E-state index in [2.05, 4.69) is 53.2 Å². The van der Waals surface area contributed by atoms with Gasteiger partial charge in [0, 0.05) is 19.6 Å². The van der Waals surface area contributed by atoms with Gasteiger partial charge in [-0.25, -0.2) is 0 Å². The zero-order valence-electron chi connectivity index (χ0n) is 10.2. The fourth-order valence-electron chi connectivity index (χ4n) is 3.27. The first kappa shape index (κ1) is 11.0. The SMILES string of the molecule is C=CC1CN[C@H]2[C@@H]1CCN2Cc1ccccc1. The van der Waals surface area contributed by atoms with Crippen molar-refractivity contribution in [3.63, 3.8) is 0 Å². The van der Waals surface area contributed by atoms with Gasteiger partial charge in [0.05, 0.1) is 6.17 Å². The molecule has 0 radical (unpaired) electrons. The second-order valence-electron chi connectivity index (χ2n) is 5.16. The van der Waals surface area contributed by atoms with Gasteiger partial charge < -0.3 is 5.32 Å². The molecule has 2 heterocycles. The van der Waals surface area contributed by atoms with Crippen LogP contribution in [0.5, 0.6) is 0 Å². The molecule has 2 saturated heterocycles. The van der Waals surface area contributed by atoms with E-state index in [1.54, 1.807) is 0 Å². The molecule has 0 bridgehead atoms. The van der Waals surface area contributed by atoms with Crippen LogP contribution in [0.2, 0.25) is 0 Å². The van der Waals surface area contributed by atoms with E-state index in [1.165, 1.54) is 18.5 Å². The van der Waals surface area contributed by atoms with Gasteiger partial charge in [0.25, 0.3) is 0 Å². The average Bonchev–Trinajstić information content (AvgIpc) is 2.93. The van der Waals surface area contributed by atoms with E-state index in [0.29, 0.717) is 12.1 Å². The predicted octanol–water partition coefficient (Wildman–Crippen LogP) is 2.24. The highest BCUT2D eigenvalue weighted by atomic mass is 15.3. The highest BCUT2D eigenvalue weighted by Crippen LogP contribution is 2.34. The maximum atomic E-state index is 3.95. The Kier molecular flexibility index (Phi) is 3.00. The predicted molar refractivity (Wildman–Crippen MR) is 70.4 cm³/mol. The second-order valence-corrected chi connectivity index (χ2v) is 5.16. The summed E-state index contributed by atoms with van der Waals surface area (Å²) in [5.41, 5.74) is 1.41. The Bertz CT molecular complexity index is 387. The first-order valence-electron chi connectivity index (χ1n) is 6.52. The van der Waals surface area contributed by atoms with E-state index < -0.39 is 0 Å². The highest BCUT2D eigenvalue weighted by Gasteiger charge is 2.41. The van der Waals surface area contributed by atoms with Crippen molar-refractivity contribution in [1.82, 2.24) is 10.2 Å². The van der Waals surface area contributed by atoms with Crippen molar-refractivity contribution in [3.8, 4) is 0 Å². The van der Waals surface area contributed by atoms with Gasteiger partial charge in [-0.2, -0.15) is 0 Å². The molecule has 2 fully saturated rings. The maximum absolute atomic E-state index is 3.95. The third-order valence-electron chi connectivity index (χ3n) is 4.19. The summed E-state index contributed by atoms with van der Waals surface area (Å²) in [6.07, 6.45) is 4.00. The molecule has 90 valence electrons. The van der Waals surface area contributed by atoms with Crippen LogP contribution in [0.25, 0.3) is 0 Å². The lowest BCUT2D eigenvalue weighted by atomic mass is 9.94. The average molecular weight is 228 g/mol. The molecule has 0 aliphatic carbocycles. The monoisotopic (exact) mass is 228 g/mol. The van der Waals surface area contributed by atoms with Gasteiger partial charge in [-0.1, -0.05) is 36.4 Å². The zero-order valence-corrected chi connectivity index (χ0v) is 10.2. The lowest BCUT2D eigenvalue weighted by Crippen LogP contribution is -2.39. The van der Waals surface area contributed by atoms with Gasteiger partial charge >= 0.3 is 0 Å². The Morgan fingerprint density at radius 3 is 2.94 bits per heavy atom. The molecular weight excluding hydrogens is 208 g/mol. The molecule has 2 aliphatic heterocycles. The molecule has 2 nitrogen and oxygen atoms in total. The molecule has 1 aromatic carbocycles. The number of fused-ring (bicyclic) bond motifs is 1. The van der Waals surface area contributed by atoms with Crippen molar-refractivity contribution in [2.75, 3.05) is 13.1 Å². The molecule has 1 aromatic rings. The Morgan fingerprint density at radius 2 is 2.18 bits per heavy atom. The fraction of sp³-hybridized carbons (Fsp3) is 0.467. The van der Waals surface area contributed by atoms with Crippen LogP contribution in [0.4, 0.5) is 0 Å². The quantitative estimate of drug-likeness (QED) is 0.798. The molecule has 17 heavy (non-hydrogen) atoms. The molecule has 1 unspecified atom stereocenters. The summed E-state index contributed by atoms with van der Waals surface area (Å²) in [6.45, 7) is 7.33. The Hall–Kier alpha value is -1.12. The summed E-state index contributed by atoms with van der Waals surface area (Å²) in [5.74, 6) is 1.44. The lowest BCUT2D eigenvalue weighted by Gasteiger charge is -2.24. The molecule has 2 aliphatic rings. The number of nitrogens with one attached hydrogen (secondary N) is 1. The van der Waals surface area contributed by atoms with Crippen LogP contribution >= 0.6 is 0 Å². The van der Waals surface area contributed by atoms with E-state index in [-0.39, 0.29) is 0 Å². The standard InChI is InChI=1S/C15H20N2/c1-2-13-10-16-15-14(13)8-9-17(15)11-12-6-4-3-5-7-12/h2-7,13-16H,1,8-11H2/t13?,14-,15-/m1/s1. The minimum Gasteiger partial charge on any atom is -0.301 e. The van der Waals surface area contributed by atoms with Crippen LogP contribution in [0.3, 0.4) is 0 Å². The van der Waals surface area contributed by atoms with Gasteiger partial charge in [0.1, 0.15) is 0 Å². The van der Waals surface area contributed by atoms with Crippen molar-refractivity contribution in [3.05, 3.63) is 48.6 Å². The molecule has 0 amide bonds. The van der Waals surface area contributed by atoms with E-state index in [1.807, 2.05) is 0 Å². The fourth-order valence-corrected chi connectivity index (χ4v) is 3.27. The molecule has 0 saturated carbocycles. The summed E-state index contributed by atoms with van der Waals surface area (Å²) < 4.78 is 0. The van der Waals surface area contributed by atoms with E-state index in [4.69, 9.17) is 0 Å². The topological polar surface area (TPSA) is 15.3 Å². The van der Waals surface area contributed by atoms with E-state index in [0.717, 1.165) is 19.0 Å². The molecular formula is C15H20N2. The second kappa shape index (κ2) is 4.63. The van der Waals surface area contributed by atoms with Crippen molar-refractivity contribution < 1.29 is 0 Å². The molecule has 3 atom stereocenters. The van der Waals surface area contributed by atoms with Crippen LogP contribution in [0.1, 0.15) is 12.0 Å². The Morgan fingerprint density at radius 1 is 1.35 bits per heavy atom. The number of hydrogen-bond donors (Lipinski definition) is 1.